The lowest BCUT2D eigenvalue weighted by Gasteiger charge is -2.36. The van der Waals surface area contributed by atoms with Crippen molar-refractivity contribution < 1.29 is 19.1 Å². The molecule has 0 radical (unpaired) electrons. The second kappa shape index (κ2) is 8.13. The number of fused-ring (bicyclic) bond motifs is 1. The van der Waals surface area contributed by atoms with E-state index in [9.17, 15) is 9.59 Å². The summed E-state index contributed by atoms with van der Waals surface area (Å²) in [6.07, 6.45) is 4.18. The number of anilines is 1. The summed E-state index contributed by atoms with van der Waals surface area (Å²) in [5.74, 6) is -0.838. The molecule has 1 atom stereocenters. The Morgan fingerprint density at radius 3 is 2.39 bits per heavy atom. The third kappa shape index (κ3) is 4.93. The largest absolute Gasteiger partial charge is 0.459 e. The third-order valence-electron chi connectivity index (χ3n) is 4.54. The van der Waals surface area contributed by atoms with Crippen LogP contribution in [0, 0.1) is 0 Å². The second-order valence-corrected chi connectivity index (χ2v) is 9.42. The van der Waals surface area contributed by atoms with Crippen molar-refractivity contribution in [3.8, 4) is 0 Å². The van der Waals surface area contributed by atoms with Gasteiger partial charge in [0.1, 0.15) is 22.9 Å². The number of amides is 1. The predicted octanol–water partition coefficient (Wildman–Crippen LogP) is 4.88. The lowest BCUT2D eigenvalue weighted by Crippen LogP contribution is -2.41. The van der Waals surface area contributed by atoms with Gasteiger partial charge in [0, 0.05) is 18.0 Å². The van der Waals surface area contributed by atoms with E-state index in [0.29, 0.717) is 22.6 Å². The zero-order valence-corrected chi connectivity index (χ0v) is 18.9. The number of nitrogens with zero attached hydrogens (tertiary/aromatic N) is 3. The first-order valence-corrected chi connectivity index (χ1v) is 10.2. The number of hydrogen-bond donors (Lipinski definition) is 0. The van der Waals surface area contributed by atoms with Crippen molar-refractivity contribution in [2.45, 2.75) is 58.7 Å². The zero-order valence-electron chi connectivity index (χ0n) is 18.9. The van der Waals surface area contributed by atoms with E-state index in [1.165, 1.54) is 11.1 Å². The Morgan fingerprint density at radius 2 is 1.77 bits per heavy atom. The van der Waals surface area contributed by atoms with Crippen LogP contribution in [0.15, 0.2) is 46.2 Å². The van der Waals surface area contributed by atoms with E-state index in [2.05, 4.69) is 16.6 Å². The highest BCUT2D eigenvalue weighted by molar-refractivity contribution is 6.17. The molecule has 0 saturated carbocycles. The van der Waals surface area contributed by atoms with Crippen LogP contribution in [0.25, 0.3) is 6.08 Å². The van der Waals surface area contributed by atoms with Crippen LogP contribution >= 0.6 is 0 Å². The molecule has 0 N–H and O–H groups in total. The van der Waals surface area contributed by atoms with Crippen molar-refractivity contribution in [1.82, 2.24) is 0 Å². The fourth-order valence-corrected chi connectivity index (χ4v) is 3.44. The minimum atomic E-state index is -0.754. The van der Waals surface area contributed by atoms with E-state index in [1.54, 1.807) is 39.1 Å². The lowest BCUT2D eigenvalue weighted by molar-refractivity contribution is -0.155. The first-order chi connectivity index (χ1) is 14.4. The summed E-state index contributed by atoms with van der Waals surface area (Å²) in [6.45, 7) is 14.9. The van der Waals surface area contributed by atoms with Crippen molar-refractivity contribution in [3.63, 3.8) is 0 Å². The van der Waals surface area contributed by atoms with E-state index in [-0.39, 0.29) is 6.54 Å². The molecule has 1 aromatic rings. The van der Waals surface area contributed by atoms with Crippen LogP contribution in [0.5, 0.6) is 0 Å². The predicted molar refractivity (Wildman–Crippen MR) is 123 cm³/mol. The Balaban J connectivity index is 2.24. The van der Waals surface area contributed by atoms with Gasteiger partial charge >= 0.3 is 12.1 Å². The quantitative estimate of drug-likeness (QED) is 0.635. The van der Waals surface area contributed by atoms with Gasteiger partial charge in [-0.1, -0.05) is 18.7 Å². The number of esters is 1. The second-order valence-electron chi connectivity index (χ2n) is 9.42. The highest BCUT2D eigenvalue weighted by atomic mass is 16.6. The van der Waals surface area contributed by atoms with Gasteiger partial charge in [-0.15, -0.1) is 0 Å². The van der Waals surface area contributed by atoms with Gasteiger partial charge in [0.15, 0.2) is 0 Å². The molecule has 1 aromatic carbocycles. The molecule has 0 aromatic heterocycles. The Hall–Kier alpha value is -3.22. The van der Waals surface area contributed by atoms with Gasteiger partial charge in [-0.3, -0.25) is 9.79 Å². The Morgan fingerprint density at radius 1 is 1.10 bits per heavy atom. The molecule has 1 amide bonds. The maximum Gasteiger partial charge on any atom is 0.420 e. The van der Waals surface area contributed by atoms with E-state index >= 15 is 0 Å². The van der Waals surface area contributed by atoms with Crippen LogP contribution in [0.1, 0.15) is 58.6 Å². The van der Waals surface area contributed by atoms with Crippen molar-refractivity contribution in [2.24, 2.45) is 9.98 Å². The third-order valence-corrected chi connectivity index (χ3v) is 4.54. The number of hydrogen-bond acceptors (Lipinski definition) is 6. The maximum absolute atomic E-state index is 13.3. The highest BCUT2D eigenvalue weighted by Crippen LogP contribution is 2.44. The summed E-state index contributed by atoms with van der Waals surface area (Å²) < 4.78 is 11.4. The summed E-state index contributed by atoms with van der Waals surface area (Å²) in [6, 6.07) is 5.45. The minimum absolute atomic E-state index is 0.205. The number of carbonyl (C=O) groups excluding carboxylic acids is 2. The topological polar surface area (TPSA) is 80.6 Å². The average molecular weight is 424 g/mol. The molecular weight excluding hydrogens is 394 g/mol. The molecule has 7 nitrogen and oxygen atoms in total. The number of rotatable bonds is 2. The smallest absolute Gasteiger partial charge is 0.420 e. The first kappa shape index (κ1) is 22.5. The van der Waals surface area contributed by atoms with Crippen molar-refractivity contribution >= 4 is 36.3 Å². The Bertz CT molecular complexity index is 1010. The van der Waals surface area contributed by atoms with Gasteiger partial charge < -0.3 is 9.47 Å². The van der Waals surface area contributed by atoms with E-state index in [1.807, 2.05) is 32.9 Å². The zero-order chi connectivity index (χ0) is 23.0. The van der Waals surface area contributed by atoms with Crippen molar-refractivity contribution in [3.05, 3.63) is 47.3 Å². The Kier molecular flexibility index (Phi) is 5.89. The number of ether oxygens (including phenoxy) is 2. The van der Waals surface area contributed by atoms with Gasteiger partial charge in [0.2, 0.25) is 0 Å². The summed E-state index contributed by atoms with van der Waals surface area (Å²) in [7, 11) is 0. The molecule has 2 heterocycles. The van der Waals surface area contributed by atoms with Gasteiger partial charge in [-0.2, -0.15) is 0 Å². The highest BCUT2D eigenvalue weighted by Gasteiger charge is 2.42. The molecule has 1 unspecified atom stereocenters. The monoisotopic (exact) mass is 423 g/mol. The van der Waals surface area contributed by atoms with Crippen LogP contribution in [0.3, 0.4) is 0 Å². The average Bonchev–Trinajstić information content (AvgIpc) is 2.87. The molecule has 2 aliphatic heterocycles. The van der Waals surface area contributed by atoms with Crippen LogP contribution in [-0.2, 0) is 14.3 Å². The molecule has 164 valence electrons. The van der Waals surface area contributed by atoms with E-state index < -0.39 is 29.2 Å². The summed E-state index contributed by atoms with van der Waals surface area (Å²) >= 11 is 0. The lowest BCUT2D eigenvalue weighted by atomic mass is 9.85. The fraction of sp³-hybridized carbons (Fsp3) is 0.417. The minimum Gasteiger partial charge on any atom is -0.459 e. The molecule has 0 aliphatic carbocycles. The van der Waals surface area contributed by atoms with Crippen molar-refractivity contribution in [1.29, 1.82) is 0 Å². The number of carbonyl (C=O) groups is 2. The molecule has 0 saturated heterocycles. The molecule has 0 bridgehead atoms. The van der Waals surface area contributed by atoms with Crippen LogP contribution in [0.4, 0.5) is 10.5 Å². The van der Waals surface area contributed by atoms with Gasteiger partial charge in [0.25, 0.3) is 0 Å². The fourth-order valence-electron chi connectivity index (χ4n) is 3.44. The number of aliphatic imine (C=N–C) groups is 2. The van der Waals surface area contributed by atoms with Gasteiger partial charge in [-0.05, 0) is 64.8 Å². The van der Waals surface area contributed by atoms with E-state index in [0.717, 1.165) is 5.56 Å². The maximum atomic E-state index is 13.3. The first-order valence-electron chi connectivity index (χ1n) is 10.2. The Labute approximate surface area is 183 Å². The molecular formula is C24H29N3O4. The van der Waals surface area contributed by atoms with Crippen LogP contribution in [-0.4, -0.2) is 42.2 Å². The van der Waals surface area contributed by atoms with Crippen LogP contribution < -0.4 is 4.90 Å². The summed E-state index contributed by atoms with van der Waals surface area (Å²) in [5.41, 5.74) is 1.18. The number of benzene rings is 1. The molecule has 0 spiro atoms. The molecule has 2 aliphatic rings. The molecule has 7 heteroatoms. The van der Waals surface area contributed by atoms with E-state index in [4.69, 9.17) is 9.47 Å². The summed E-state index contributed by atoms with van der Waals surface area (Å²) in [5, 5.41) is 0. The molecule has 31 heavy (non-hydrogen) atoms. The molecule has 3 rings (SSSR count). The van der Waals surface area contributed by atoms with Gasteiger partial charge in [0.05, 0.1) is 12.2 Å². The van der Waals surface area contributed by atoms with Crippen LogP contribution in [0.2, 0.25) is 0 Å². The normalized spacial score (nSPS) is 18.1. The SMILES string of the molecule is C=Cc1ccc2c(c1)C(C(=O)OC(C)(C)C)C1=C(N=CC=NC1)N2C(=O)OC(C)(C)C. The summed E-state index contributed by atoms with van der Waals surface area (Å²) in [4.78, 5) is 36.7. The van der Waals surface area contributed by atoms with Crippen molar-refractivity contribution in [2.75, 3.05) is 11.4 Å². The standard InChI is InChI=1S/C24H29N3O4/c1-8-15-9-10-18-16(13-15)19(21(28)30-23(2,3)4)17-14-25-11-12-26-20(17)27(18)22(29)31-24(5,6)7/h8-13,19H,1,14H2,2-7H3. The van der Waals surface area contributed by atoms with Gasteiger partial charge in [-0.25, -0.2) is 14.7 Å². The molecule has 0 fully saturated rings.